The van der Waals surface area contributed by atoms with Gasteiger partial charge in [0.2, 0.25) is 0 Å². The number of furan rings is 1. The molecule has 0 radical (unpaired) electrons. The summed E-state index contributed by atoms with van der Waals surface area (Å²) in [5.41, 5.74) is 0.680. The van der Waals surface area contributed by atoms with E-state index in [0.29, 0.717) is 11.5 Å². The van der Waals surface area contributed by atoms with E-state index in [1.54, 1.807) is 12.3 Å². The van der Waals surface area contributed by atoms with Gasteiger partial charge in [0.05, 0.1) is 11.8 Å². The molecular formula is C9H12O2. The second-order valence-corrected chi connectivity index (χ2v) is 2.67. The SMILES string of the molecule is CCC(C)c1occc1C=O. The van der Waals surface area contributed by atoms with E-state index in [1.165, 1.54) is 0 Å². The Morgan fingerprint density at radius 1 is 1.73 bits per heavy atom. The van der Waals surface area contributed by atoms with Crippen LogP contribution in [0.1, 0.15) is 42.3 Å². The summed E-state index contributed by atoms with van der Waals surface area (Å²) < 4.78 is 5.18. The molecule has 0 saturated carbocycles. The van der Waals surface area contributed by atoms with Crippen LogP contribution in [0.25, 0.3) is 0 Å². The molecule has 0 aliphatic rings. The summed E-state index contributed by atoms with van der Waals surface area (Å²) in [5.74, 6) is 1.15. The molecule has 0 N–H and O–H groups in total. The molecule has 60 valence electrons. The first-order chi connectivity index (χ1) is 5.29. The van der Waals surface area contributed by atoms with Crippen LogP contribution >= 0.6 is 0 Å². The van der Waals surface area contributed by atoms with Crippen molar-refractivity contribution >= 4 is 6.29 Å². The van der Waals surface area contributed by atoms with Crippen LogP contribution < -0.4 is 0 Å². The normalized spacial score (nSPS) is 12.9. The number of rotatable bonds is 3. The first-order valence-electron chi connectivity index (χ1n) is 3.82. The average molecular weight is 152 g/mol. The van der Waals surface area contributed by atoms with Gasteiger partial charge in [0.25, 0.3) is 0 Å². The fraction of sp³-hybridized carbons (Fsp3) is 0.444. The van der Waals surface area contributed by atoms with E-state index in [-0.39, 0.29) is 0 Å². The summed E-state index contributed by atoms with van der Waals surface area (Å²) in [4.78, 5) is 10.4. The number of carbonyl (C=O) groups excluding carboxylic acids is 1. The predicted octanol–water partition coefficient (Wildman–Crippen LogP) is 2.61. The first kappa shape index (κ1) is 8.05. The maximum Gasteiger partial charge on any atom is 0.153 e. The third-order valence-corrected chi connectivity index (χ3v) is 1.91. The van der Waals surface area contributed by atoms with Gasteiger partial charge in [-0.25, -0.2) is 0 Å². The fourth-order valence-corrected chi connectivity index (χ4v) is 1.01. The van der Waals surface area contributed by atoms with Gasteiger partial charge in [-0.1, -0.05) is 13.8 Å². The van der Waals surface area contributed by atoms with Crippen molar-refractivity contribution in [3.05, 3.63) is 23.7 Å². The Bertz CT molecular complexity index is 237. The molecule has 1 rings (SSSR count). The molecule has 1 aromatic rings. The van der Waals surface area contributed by atoms with Crippen LogP contribution in [-0.2, 0) is 0 Å². The highest BCUT2D eigenvalue weighted by molar-refractivity contribution is 5.76. The quantitative estimate of drug-likeness (QED) is 0.623. The molecule has 0 aliphatic carbocycles. The van der Waals surface area contributed by atoms with Crippen molar-refractivity contribution in [1.82, 2.24) is 0 Å². The summed E-state index contributed by atoms with van der Waals surface area (Å²) in [7, 11) is 0. The van der Waals surface area contributed by atoms with E-state index in [0.717, 1.165) is 18.5 Å². The third kappa shape index (κ3) is 1.50. The molecule has 0 fully saturated rings. The van der Waals surface area contributed by atoms with E-state index >= 15 is 0 Å². The lowest BCUT2D eigenvalue weighted by Crippen LogP contribution is -1.92. The maximum atomic E-state index is 10.4. The zero-order valence-corrected chi connectivity index (χ0v) is 6.83. The van der Waals surface area contributed by atoms with Gasteiger partial charge in [-0.2, -0.15) is 0 Å². The Labute approximate surface area is 66.2 Å². The van der Waals surface area contributed by atoms with E-state index in [4.69, 9.17) is 4.42 Å². The van der Waals surface area contributed by atoms with Gasteiger partial charge in [-0.3, -0.25) is 4.79 Å². The van der Waals surface area contributed by atoms with Crippen LogP contribution in [0.5, 0.6) is 0 Å². The molecule has 0 saturated heterocycles. The molecule has 0 aromatic carbocycles. The zero-order chi connectivity index (χ0) is 8.27. The molecular weight excluding hydrogens is 140 g/mol. The maximum absolute atomic E-state index is 10.4. The van der Waals surface area contributed by atoms with E-state index in [2.05, 4.69) is 6.92 Å². The topological polar surface area (TPSA) is 30.2 Å². The molecule has 0 spiro atoms. The monoisotopic (exact) mass is 152 g/mol. The van der Waals surface area contributed by atoms with Crippen molar-refractivity contribution in [2.75, 3.05) is 0 Å². The lowest BCUT2D eigenvalue weighted by molar-refractivity contribution is 0.112. The summed E-state index contributed by atoms with van der Waals surface area (Å²) in [5, 5.41) is 0. The first-order valence-corrected chi connectivity index (χ1v) is 3.82. The van der Waals surface area contributed by atoms with Gasteiger partial charge in [0, 0.05) is 5.92 Å². The Kier molecular flexibility index (Phi) is 2.47. The Balaban J connectivity index is 2.92. The minimum atomic E-state index is 0.338. The fourth-order valence-electron chi connectivity index (χ4n) is 1.01. The molecule has 0 bridgehead atoms. The second-order valence-electron chi connectivity index (χ2n) is 2.67. The van der Waals surface area contributed by atoms with Crippen molar-refractivity contribution in [2.24, 2.45) is 0 Å². The Morgan fingerprint density at radius 3 is 3.00 bits per heavy atom. The summed E-state index contributed by atoms with van der Waals surface area (Å²) in [6.07, 6.45) is 3.39. The van der Waals surface area contributed by atoms with Gasteiger partial charge >= 0.3 is 0 Å². The van der Waals surface area contributed by atoms with Crippen molar-refractivity contribution in [2.45, 2.75) is 26.2 Å². The second kappa shape index (κ2) is 3.37. The molecule has 1 unspecified atom stereocenters. The standard InChI is InChI=1S/C9H12O2/c1-3-7(2)9-8(6-10)4-5-11-9/h4-7H,3H2,1-2H3. The van der Waals surface area contributed by atoms with E-state index in [9.17, 15) is 4.79 Å². The van der Waals surface area contributed by atoms with Gasteiger partial charge < -0.3 is 4.42 Å². The highest BCUT2D eigenvalue weighted by atomic mass is 16.3. The van der Waals surface area contributed by atoms with Crippen LogP contribution in [0.3, 0.4) is 0 Å². The molecule has 1 heterocycles. The van der Waals surface area contributed by atoms with Crippen LogP contribution in [0.15, 0.2) is 16.7 Å². The zero-order valence-electron chi connectivity index (χ0n) is 6.83. The molecule has 1 aromatic heterocycles. The van der Waals surface area contributed by atoms with Crippen LogP contribution in [0.2, 0.25) is 0 Å². The smallest absolute Gasteiger partial charge is 0.153 e. The molecule has 1 atom stereocenters. The molecule has 0 amide bonds. The summed E-state index contributed by atoms with van der Waals surface area (Å²) in [6, 6.07) is 1.70. The number of hydrogen-bond acceptors (Lipinski definition) is 2. The lowest BCUT2D eigenvalue weighted by Gasteiger charge is -2.03. The number of aldehydes is 1. The largest absolute Gasteiger partial charge is 0.468 e. The lowest BCUT2D eigenvalue weighted by atomic mass is 10.0. The van der Waals surface area contributed by atoms with Gasteiger partial charge in [-0.05, 0) is 12.5 Å². The molecule has 2 nitrogen and oxygen atoms in total. The van der Waals surface area contributed by atoms with Gasteiger partial charge in [0.1, 0.15) is 5.76 Å². The van der Waals surface area contributed by atoms with Crippen molar-refractivity contribution in [1.29, 1.82) is 0 Å². The minimum absolute atomic E-state index is 0.338. The van der Waals surface area contributed by atoms with E-state index < -0.39 is 0 Å². The number of carbonyl (C=O) groups is 1. The van der Waals surface area contributed by atoms with Crippen LogP contribution in [0, 0.1) is 0 Å². The van der Waals surface area contributed by atoms with Crippen LogP contribution in [0.4, 0.5) is 0 Å². The van der Waals surface area contributed by atoms with Gasteiger partial charge in [0.15, 0.2) is 6.29 Å². The highest BCUT2D eigenvalue weighted by Crippen LogP contribution is 2.22. The Hall–Kier alpha value is -1.05. The molecule has 11 heavy (non-hydrogen) atoms. The minimum Gasteiger partial charge on any atom is -0.468 e. The molecule has 0 aliphatic heterocycles. The molecule has 2 heteroatoms. The summed E-state index contributed by atoms with van der Waals surface area (Å²) in [6.45, 7) is 4.12. The van der Waals surface area contributed by atoms with Crippen molar-refractivity contribution in [3.63, 3.8) is 0 Å². The predicted molar refractivity (Wildman–Crippen MR) is 42.8 cm³/mol. The summed E-state index contributed by atoms with van der Waals surface area (Å²) >= 11 is 0. The highest BCUT2D eigenvalue weighted by Gasteiger charge is 2.11. The van der Waals surface area contributed by atoms with Crippen LogP contribution in [-0.4, -0.2) is 6.29 Å². The Morgan fingerprint density at radius 2 is 2.45 bits per heavy atom. The van der Waals surface area contributed by atoms with Crippen molar-refractivity contribution < 1.29 is 9.21 Å². The van der Waals surface area contributed by atoms with Gasteiger partial charge in [-0.15, -0.1) is 0 Å². The van der Waals surface area contributed by atoms with Crippen molar-refractivity contribution in [3.8, 4) is 0 Å². The van der Waals surface area contributed by atoms with E-state index in [1.807, 2.05) is 6.92 Å². The average Bonchev–Trinajstić information content (AvgIpc) is 2.50. The third-order valence-electron chi connectivity index (χ3n) is 1.91. The number of hydrogen-bond donors (Lipinski definition) is 0.